The van der Waals surface area contributed by atoms with Gasteiger partial charge in [-0.25, -0.2) is 0 Å². The van der Waals surface area contributed by atoms with Crippen molar-refractivity contribution in [1.29, 1.82) is 0 Å². The van der Waals surface area contributed by atoms with Gasteiger partial charge in [-0.2, -0.15) is 0 Å². The molecule has 1 aromatic rings. The molecule has 80 valence electrons. The van der Waals surface area contributed by atoms with Crippen LogP contribution in [0.2, 0.25) is 0 Å². The molecule has 0 fully saturated rings. The number of rotatable bonds is 4. The highest BCUT2D eigenvalue weighted by atomic mass is 16.5. The van der Waals surface area contributed by atoms with Gasteiger partial charge in [-0.05, 0) is 0 Å². The van der Waals surface area contributed by atoms with Crippen LogP contribution in [0.1, 0.15) is 10.4 Å². The fourth-order valence-corrected chi connectivity index (χ4v) is 1.17. The van der Waals surface area contributed by atoms with Gasteiger partial charge in [-0.1, -0.05) is 30.3 Å². The quantitative estimate of drug-likeness (QED) is 0.427. The van der Waals surface area contributed by atoms with Crippen molar-refractivity contribution in [2.24, 2.45) is 0 Å². The molecule has 0 aliphatic rings. The summed E-state index contributed by atoms with van der Waals surface area (Å²) in [4.78, 5) is 13.7. The van der Waals surface area contributed by atoms with Gasteiger partial charge in [0.15, 0.2) is 5.76 Å². The topological polar surface area (TPSA) is 29.5 Å². The van der Waals surface area contributed by atoms with Gasteiger partial charge in [0.1, 0.15) is 0 Å². The van der Waals surface area contributed by atoms with Gasteiger partial charge >= 0.3 is 0 Å². The maximum atomic E-state index is 11.9. The third-order valence-electron chi connectivity index (χ3n) is 1.86. The molecule has 0 heterocycles. The van der Waals surface area contributed by atoms with Gasteiger partial charge in [0.2, 0.25) is 5.78 Å². The number of methoxy groups -OCH3 is 1. The highest BCUT2D eigenvalue weighted by Crippen LogP contribution is 2.08. The minimum atomic E-state index is -0.105. The van der Waals surface area contributed by atoms with E-state index in [1.165, 1.54) is 7.11 Å². The Bertz CT molecular complexity index is 355. The molecule has 1 aromatic carbocycles. The first kappa shape index (κ1) is 11.3. The summed E-state index contributed by atoms with van der Waals surface area (Å²) in [6, 6.07) is 9.07. The number of Topliss-reactive ketones (excluding diaryl/α,β-unsaturated/α-hetero) is 1. The molecule has 3 heteroatoms. The van der Waals surface area contributed by atoms with Crippen molar-refractivity contribution in [3.8, 4) is 0 Å². The van der Waals surface area contributed by atoms with Crippen molar-refractivity contribution in [2.45, 2.75) is 0 Å². The van der Waals surface area contributed by atoms with Crippen molar-refractivity contribution < 1.29 is 9.53 Å². The highest BCUT2D eigenvalue weighted by molar-refractivity contribution is 6.07. The molecule has 0 bridgehead atoms. The van der Waals surface area contributed by atoms with E-state index in [1.807, 2.05) is 32.3 Å². The van der Waals surface area contributed by atoms with Crippen molar-refractivity contribution in [3.05, 3.63) is 47.9 Å². The first-order valence-corrected chi connectivity index (χ1v) is 4.67. The number of carbonyl (C=O) groups excluding carboxylic acids is 1. The number of ether oxygens (including phenoxy) is 1. The van der Waals surface area contributed by atoms with E-state index in [9.17, 15) is 4.79 Å². The fraction of sp³-hybridized carbons (Fsp3) is 0.250. The number of benzene rings is 1. The van der Waals surface area contributed by atoms with Crippen molar-refractivity contribution in [1.82, 2.24) is 4.90 Å². The van der Waals surface area contributed by atoms with E-state index in [2.05, 4.69) is 0 Å². The maximum Gasteiger partial charge on any atom is 0.229 e. The number of hydrogen-bond acceptors (Lipinski definition) is 3. The zero-order valence-corrected chi connectivity index (χ0v) is 9.23. The molecule has 0 unspecified atom stereocenters. The minimum Gasteiger partial charge on any atom is -0.491 e. The lowest BCUT2D eigenvalue weighted by Gasteiger charge is -2.09. The summed E-state index contributed by atoms with van der Waals surface area (Å²) in [5.41, 5.74) is 0.632. The predicted octanol–water partition coefficient (Wildman–Crippen LogP) is 1.92. The van der Waals surface area contributed by atoms with E-state index in [4.69, 9.17) is 4.74 Å². The van der Waals surface area contributed by atoms with Crippen LogP contribution in [0.5, 0.6) is 0 Å². The Hall–Kier alpha value is -1.77. The Morgan fingerprint density at radius 2 is 1.87 bits per heavy atom. The van der Waals surface area contributed by atoms with E-state index >= 15 is 0 Å². The molecule has 3 nitrogen and oxygen atoms in total. The van der Waals surface area contributed by atoms with Crippen molar-refractivity contribution in [2.75, 3.05) is 21.2 Å². The van der Waals surface area contributed by atoms with Crippen LogP contribution in [-0.4, -0.2) is 31.9 Å². The molecule has 0 aliphatic heterocycles. The zero-order chi connectivity index (χ0) is 11.3. The molecule has 0 spiro atoms. The Morgan fingerprint density at radius 1 is 1.27 bits per heavy atom. The molecule has 1 rings (SSSR count). The van der Waals surface area contributed by atoms with E-state index in [0.29, 0.717) is 11.3 Å². The monoisotopic (exact) mass is 205 g/mol. The Kier molecular flexibility index (Phi) is 3.92. The van der Waals surface area contributed by atoms with Crippen LogP contribution in [0.3, 0.4) is 0 Å². The highest BCUT2D eigenvalue weighted by Gasteiger charge is 2.12. The number of ketones is 1. The predicted molar refractivity (Wildman–Crippen MR) is 59.6 cm³/mol. The van der Waals surface area contributed by atoms with Gasteiger partial charge in [0.25, 0.3) is 0 Å². The average molecular weight is 205 g/mol. The first-order chi connectivity index (χ1) is 7.15. The second-order valence-electron chi connectivity index (χ2n) is 3.36. The lowest BCUT2D eigenvalue weighted by atomic mass is 10.1. The van der Waals surface area contributed by atoms with Crippen LogP contribution in [0.15, 0.2) is 42.3 Å². The average Bonchev–Trinajstić information content (AvgIpc) is 2.26. The summed E-state index contributed by atoms with van der Waals surface area (Å²) in [5.74, 6) is 0.234. The summed E-state index contributed by atoms with van der Waals surface area (Å²) in [6.45, 7) is 0. The Balaban J connectivity index is 2.93. The molecule has 0 N–H and O–H groups in total. The zero-order valence-electron chi connectivity index (χ0n) is 9.23. The third-order valence-corrected chi connectivity index (χ3v) is 1.86. The SMILES string of the molecule is COC(=CN(C)C)C(=O)c1ccccc1. The smallest absolute Gasteiger partial charge is 0.229 e. The second-order valence-corrected chi connectivity index (χ2v) is 3.36. The minimum absolute atomic E-state index is 0.105. The standard InChI is InChI=1S/C12H15NO2/c1-13(2)9-11(15-3)12(14)10-7-5-4-6-8-10/h4-9H,1-3H3. The first-order valence-electron chi connectivity index (χ1n) is 4.67. The van der Waals surface area contributed by atoms with Gasteiger partial charge in [-0.3, -0.25) is 4.79 Å². The molecule has 0 atom stereocenters. The number of hydrogen-bond donors (Lipinski definition) is 0. The molecule has 0 aromatic heterocycles. The third kappa shape index (κ3) is 3.13. The van der Waals surface area contributed by atoms with Crippen LogP contribution in [-0.2, 0) is 4.74 Å². The van der Waals surface area contributed by atoms with Gasteiger partial charge in [0.05, 0.1) is 7.11 Å². The molecule has 0 saturated heterocycles. The van der Waals surface area contributed by atoms with Crippen LogP contribution in [0.4, 0.5) is 0 Å². The fourth-order valence-electron chi connectivity index (χ4n) is 1.17. The van der Waals surface area contributed by atoms with Gasteiger partial charge in [-0.15, -0.1) is 0 Å². The Labute approximate surface area is 90.0 Å². The van der Waals surface area contributed by atoms with E-state index in [-0.39, 0.29) is 5.78 Å². The number of carbonyl (C=O) groups is 1. The molecular formula is C12H15NO2. The van der Waals surface area contributed by atoms with E-state index < -0.39 is 0 Å². The lowest BCUT2D eigenvalue weighted by Crippen LogP contribution is -2.11. The summed E-state index contributed by atoms with van der Waals surface area (Å²) >= 11 is 0. The van der Waals surface area contributed by atoms with Crippen LogP contribution < -0.4 is 0 Å². The summed E-state index contributed by atoms with van der Waals surface area (Å²) in [7, 11) is 5.19. The van der Waals surface area contributed by atoms with E-state index in [0.717, 1.165) is 0 Å². The summed E-state index contributed by atoms with van der Waals surface area (Å²) in [5, 5.41) is 0. The number of allylic oxidation sites excluding steroid dienone is 1. The molecular weight excluding hydrogens is 190 g/mol. The summed E-state index contributed by atoms with van der Waals surface area (Å²) < 4.78 is 5.05. The molecule has 15 heavy (non-hydrogen) atoms. The molecule has 0 saturated carbocycles. The second kappa shape index (κ2) is 5.20. The molecule has 0 radical (unpaired) electrons. The van der Waals surface area contributed by atoms with Crippen LogP contribution >= 0.6 is 0 Å². The van der Waals surface area contributed by atoms with Crippen LogP contribution in [0.25, 0.3) is 0 Å². The molecule has 0 aliphatic carbocycles. The largest absolute Gasteiger partial charge is 0.491 e. The molecule has 0 amide bonds. The van der Waals surface area contributed by atoms with Crippen molar-refractivity contribution in [3.63, 3.8) is 0 Å². The summed E-state index contributed by atoms with van der Waals surface area (Å²) in [6.07, 6.45) is 1.66. The van der Waals surface area contributed by atoms with E-state index in [1.54, 1.807) is 23.2 Å². The lowest BCUT2D eigenvalue weighted by molar-refractivity contribution is 0.0948. The normalized spacial score (nSPS) is 11.0. The number of nitrogens with zero attached hydrogens (tertiary/aromatic N) is 1. The maximum absolute atomic E-state index is 11.9. The van der Waals surface area contributed by atoms with Gasteiger partial charge in [0, 0.05) is 25.9 Å². The Morgan fingerprint density at radius 3 is 2.33 bits per heavy atom. The van der Waals surface area contributed by atoms with Gasteiger partial charge < -0.3 is 9.64 Å². The van der Waals surface area contributed by atoms with Crippen molar-refractivity contribution >= 4 is 5.78 Å². The van der Waals surface area contributed by atoms with Crippen LogP contribution in [0, 0.1) is 0 Å².